The summed E-state index contributed by atoms with van der Waals surface area (Å²) < 4.78 is 4.78. The van der Waals surface area contributed by atoms with Gasteiger partial charge in [0.1, 0.15) is 0 Å². The minimum absolute atomic E-state index is 0.0834. The van der Waals surface area contributed by atoms with Gasteiger partial charge in [-0.25, -0.2) is 4.79 Å². The van der Waals surface area contributed by atoms with E-state index < -0.39 is 5.97 Å². The van der Waals surface area contributed by atoms with E-state index in [2.05, 4.69) is 10.2 Å². The fraction of sp³-hybridized carbons (Fsp3) is 0.333. The van der Waals surface area contributed by atoms with Crippen molar-refractivity contribution in [1.29, 1.82) is 0 Å². The van der Waals surface area contributed by atoms with Crippen molar-refractivity contribution in [3.63, 3.8) is 0 Å². The van der Waals surface area contributed by atoms with Crippen molar-refractivity contribution in [2.75, 3.05) is 30.4 Å². The van der Waals surface area contributed by atoms with Crippen LogP contribution in [-0.4, -0.2) is 32.1 Å². The van der Waals surface area contributed by atoms with E-state index in [-0.39, 0.29) is 5.91 Å². The Bertz CT molecular complexity index is 722. The first-order valence-corrected chi connectivity index (χ1v) is 8.85. The monoisotopic (exact) mass is 344 g/mol. The van der Waals surface area contributed by atoms with Crippen LogP contribution in [0.25, 0.3) is 0 Å². The third kappa shape index (κ3) is 3.76. The first-order valence-electron chi connectivity index (χ1n) is 7.97. The Morgan fingerprint density at radius 1 is 1.25 bits per heavy atom. The summed E-state index contributed by atoms with van der Waals surface area (Å²) in [5.41, 5.74) is 2.06. The number of nitrogens with zero attached hydrogens (tertiary/aromatic N) is 1. The number of methoxy groups -OCH3 is 1. The minimum Gasteiger partial charge on any atom is -0.465 e. The molecule has 0 radical (unpaired) electrons. The second-order valence-corrected chi connectivity index (χ2v) is 6.75. The largest absolute Gasteiger partial charge is 0.465 e. The molecule has 1 aromatic heterocycles. The fourth-order valence-electron chi connectivity index (χ4n) is 2.88. The number of benzene rings is 1. The molecular formula is C18H20N2O3S. The van der Waals surface area contributed by atoms with Gasteiger partial charge in [0.05, 0.1) is 30.5 Å². The molecule has 0 aliphatic carbocycles. The smallest absolute Gasteiger partial charge is 0.337 e. The summed E-state index contributed by atoms with van der Waals surface area (Å²) in [6, 6.07) is 9.20. The molecule has 1 amide bonds. The Morgan fingerprint density at radius 3 is 2.71 bits per heavy atom. The van der Waals surface area contributed by atoms with E-state index in [9.17, 15) is 9.59 Å². The molecule has 126 valence electrons. The molecule has 0 atom stereocenters. The van der Waals surface area contributed by atoms with Crippen molar-refractivity contribution in [1.82, 2.24) is 0 Å². The van der Waals surface area contributed by atoms with Crippen molar-refractivity contribution in [2.45, 2.75) is 19.3 Å². The number of anilines is 2. The highest BCUT2D eigenvalue weighted by molar-refractivity contribution is 7.10. The first-order chi connectivity index (χ1) is 11.7. The van der Waals surface area contributed by atoms with Crippen molar-refractivity contribution >= 4 is 34.6 Å². The molecule has 5 nitrogen and oxygen atoms in total. The van der Waals surface area contributed by atoms with E-state index in [1.54, 1.807) is 23.5 Å². The topological polar surface area (TPSA) is 58.6 Å². The zero-order chi connectivity index (χ0) is 16.9. The molecule has 1 saturated heterocycles. The molecule has 0 unspecified atom stereocenters. The molecule has 24 heavy (non-hydrogen) atoms. The van der Waals surface area contributed by atoms with Gasteiger partial charge in [0, 0.05) is 18.0 Å². The van der Waals surface area contributed by atoms with Crippen LogP contribution in [0.1, 0.15) is 28.1 Å². The number of amides is 1. The fourth-order valence-corrected chi connectivity index (χ4v) is 3.58. The van der Waals surface area contributed by atoms with Gasteiger partial charge in [-0.2, -0.15) is 0 Å². The van der Waals surface area contributed by atoms with Gasteiger partial charge in [-0.1, -0.05) is 6.07 Å². The Kier molecular flexibility index (Phi) is 5.15. The molecule has 1 aliphatic heterocycles. The molecule has 0 bridgehead atoms. The zero-order valence-corrected chi connectivity index (χ0v) is 14.4. The number of carbonyl (C=O) groups excluding carboxylic acids is 2. The van der Waals surface area contributed by atoms with Crippen LogP contribution < -0.4 is 10.2 Å². The van der Waals surface area contributed by atoms with Gasteiger partial charge in [-0.05, 0) is 42.5 Å². The Labute approximate surface area is 145 Å². The van der Waals surface area contributed by atoms with Crippen LogP contribution in [0.5, 0.6) is 0 Å². The molecule has 2 aromatic rings. The molecule has 3 rings (SSSR count). The second kappa shape index (κ2) is 7.49. The molecule has 1 N–H and O–H groups in total. The van der Waals surface area contributed by atoms with E-state index in [1.165, 1.54) is 7.11 Å². The summed E-state index contributed by atoms with van der Waals surface area (Å²) >= 11 is 1.56. The van der Waals surface area contributed by atoms with Gasteiger partial charge in [0.15, 0.2) is 0 Å². The summed E-state index contributed by atoms with van der Waals surface area (Å²) in [5.74, 6) is -0.489. The van der Waals surface area contributed by atoms with Crippen LogP contribution >= 0.6 is 11.3 Å². The van der Waals surface area contributed by atoms with Gasteiger partial charge in [-0.3, -0.25) is 4.79 Å². The maximum Gasteiger partial charge on any atom is 0.337 e. The van der Waals surface area contributed by atoms with Crippen LogP contribution in [0.4, 0.5) is 11.4 Å². The lowest BCUT2D eigenvalue weighted by Crippen LogP contribution is -2.22. The maximum atomic E-state index is 12.4. The van der Waals surface area contributed by atoms with E-state index in [4.69, 9.17) is 4.74 Å². The molecular weight excluding hydrogens is 324 g/mol. The van der Waals surface area contributed by atoms with Gasteiger partial charge in [0.2, 0.25) is 5.91 Å². The lowest BCUT2D eigenvalue weighted by molar-refractivity contribution is -0.115. The van der Waals surface area contributed by atoms with Gasteiger partial charge in [0.25, 0.3) is 0 Å². The average molecular weight is 344 g/mol. The third-order valence-electron chi connectivity index (χ3n) is 4.05. The SMILES string of the molecule is COC(=O)c1ccc(N2CCCC2)c(NC(=O)Cc2cccs2)c1. The first kappa shape index (κ1) is 16.5. The molecule has 1 aliphatic rings. The summed E-state index contributed by atoms with van der Waals surface area (Å²) in [7, 11) is 1.35. The Balaban J connectivity index is 1.84. The van der Waals surface area contributed by atoms with E-state index >= 15 is 0 Å². The van der Waals surface area contributed by atoms with Gasteiger partial charge >= 0.3 is 5.97 Å². The standard InChI is InChI=1S/C18H20N2O3S/c1-23-18(22)13-6-7-16(20-8-2-3-9-20)15(11-13)19-17(21)12-14-5-4-10-24-14/h4-7,10-11H,2-3,8-9,12H2,1H3,(H,19,21). The maximum absolute atomic E-state index is 12.4. The number of carbonyl (C=O) groups is 2. The molecule has 0 saturated carbocycles. The number of thiophene rings is 1. The molecule has 1 fully saturated rings. The normalized spacial score (nSPS) is 13.8. The Hall–Kier alpha value is -2.34. The minimum atomic E-state index is -0.406. The quantitative estimate of drug-likeness (QED) is 0.846. The molecule has 6 heteroatoms. The predicted octanol–water partition coefficient (Wildman–Crippen LogP) is 3.32. The predicted molar refractivity (Wildman–Crippen MR) is 95.9 cm³/mol. The van der Waals surface area contributed by atoms with Gasteiger partial charge in [-0.15, -0.1) is 11.3 Å². The molecule has 1 aromatic carbocycles. The average Bonchev–Trinajstić information content (AvgIpc) is 3.27. The van der Waals surface area contributed by atoms with Crippen molar-refractivity contribution in [2.24, 2.45) is 0 Å². The lowest BCUT2D eigenvalue weighted by Gasteiger charge is -2.22. The highest BCUT2D eigenvalue weighted by Gasteiger charge is 2.19. The molecule has 0 spiro atoms. The van der Waals surface area contributed by atoms with E-state index in [0.717, 1.165) is 36.5 Å². The summed E-state index contributed by atoms with van der Waals surface area (Å²) in [4.78, 5) is 27.4. The zero-order valence-electron chi connectivity index (χ0n) is 13.6. The highest BCUT2D eigenvalue weighted by Crippen LogP contribution is 2.30. The van der Waals surface area contributed by atoms with Gasteiger partial charge < -0.3 is 15.0 Å². The number of nitrogens with one attached hydrogen (secondary N) is 1. The van der Waals surface area contributed by atoms with Crippen LogP contribution in [0.2, 0.25) is 0 Å². The van der Waals surface area contributed by atoms with Crippen molar-refractivity contribution in [3.8, 4) is 0 Å². The van der Waals surface area contributed by atoms with Crippen LogP contribution in [0.15, 0.2) is 35.7 Å². The highest BCUT2D eigenvalue weighted by atomic mass is 32.1. The van der Waals surface area contributed by atoms with Crippen molar-refractivity contribution in [3.05, 3.63) is 46.2 Å². The summed E-state index contributed by atoms with van der Waals surface area (Å²) in [6.07, 6.45) is 2.61. The summed E-state index contributed by atoms with van der Waals surface area (Å²) in [5, 5.41) is 4.92. The van der Waals surface area contributed by atoms with Crippen molar-refractivity contribution < 1.29 is 14.3 Å². The van der Waals surface area contributed by atoms with E-state index in [1.807, 2.05) is 23.6 Å². The summed E-state index contributed by atoms with van der Waals surface area (Å²) in [6.45, 7) is 1.93. The Morgan fingerprint density at radius 2 is 2.04 bits per heavy atom. The molecule has 2 heterocycles. The number of esters is 1. The number of ether oxygens (including phenoxy) is 1. The van der Waals surface area contributed by atoms with Crippen LogP contribution in [0, 0.1) is 0 Å². The number of hydrogen-bond acceptors (Lipinski definition) is 5. The number of rotatable bonds is 5. The number of hydrogen-bond donors (Lipinski definition) is 1. The van der Waals surface area contributed by atoms with Crippen LogP contribution in [-0.2, 0) is 16.0 Å². The third-order valence-corrected chi connectivity index (χ3v) is 4.93. The second-order valence-electron chi connectivity index (χ2n) is 5.72. The lowest BCUT2D eigenvalue weighted by atomic mass is 10.1. The van der Waals surface area contributed by atoms with E-state index in [0.29, 0.717) is 17.7 Å². The van der Waals surface area contributed by atoms with Crippen LogP contribution in [0.3, 0.4) is 0 Å².